The van der Waals surface area contributed by atoms with Gasteiger partial charge in [-0.15, -0.1) is 0 Å². The number of amides is 1. The van der Waals surface area contributed by atoms with Crippen LogP contribution in [-0.4, -0.2) is 31.5 Å². The molecule has 2 heteroatoms. The van der Waals surface area contributed by atoms with Crippen molar-refractivity contribution in [1.82, 2.24) is 0 Å². The van der Waals surface area contributed by atoms with Crippen LogP contribution in [0.5, 0.6) is 0 Å². The molecule has 0 rings (SSSR count). The molecule has 0 aromatic heterocycles. The summed E-state index contributed by atoms with van der Waals surface area (Å²) in [4.78, 5) is 11.9. The molecule has 0 atom stereocenters. The number of carbonyl (C=O) groups is 1. The second-order valence-corrected chi connectivity index (χ2v) is 10.9. The second-order valence-electron chi connectivity index (χ2n) is 10.9. The van der Waals surface area contributed by atoms with Crippen LogP contribution in [0.4, 0.5) is 0 Å². The van der Waals surface area contributed by atoms with Crippen molar-refractivity contribution >= 4 is 5.91 Å². The molecule has 0 saturated heterocycles. The van der Waals surface area contributed by atoms with E-state index in [0.717, 1.165) is 12.8 Å². The van der Waals surface area contributed by atoms with E-state index >= 15 is 0 Å². The second kappa shape index (κ2) is 22.8. The van der Waals surface area contributed by atoms with Crippen LogP contribution in [-0.2, 0) is 4.79 Å². The largest absolute Gasteiger partial charge is 0.313 e. The molecule has 0 fully saturated rings. The summed E-state index contributed by atoms with van der Waals surface area (Å²) in [6.45, 7) is 2.30. The van der Waals surface area contributed by atoms with Crippen LogP contribution in [0.1, 0.15) is 161 Å². The van der Waals surface area contributed by atoms with E-state index in [1.807, 2.05) is 21.1 Å². The topological polar surface area (TPSA) is 17.1 Å². The third kappa shape index (κ3) is 24.1. The van der Waals surface area contributed by atoms with E-state index in [1.54, 1.807) is 0 Å². The first kappa shape index (κ1) is 30.6. The van der Waals surface area contributed by atoms with Crippen molar-refractivity contribution in [2.24, 2.45) is 0 Å². The van der Waals surface area contributed by atoms with Crippen LogP contribution in [0.25, 0.3) is 0 Å². The Morgan fingerprint density at radius 1 is 0.419 bits per heavy atom. The third-order valence-corrected chi connectivity index (χ3v) is 6.74. The van der Waals surface area contributed by atoms with Crippen molar-refractivity contribution in [3.05, 3.63) is 0 Å². The third-order valence-electron chi connectivity index (χ3n) is 6.74. The Hall–Kier alpha value is -0.370. The number of nitrogens with zero attached hydrogens (tertiary/aromatic N) is 1. The summed E-state index contributed by atoms with van der Waals surface area (Å²) >= 11 is 0. The van der Waals surface area contributed by atoms with Gasteiger partial charge in [-0.3, -0.25) is 4.48 Å². The molecule has 0 aliphatic heterocycles. The Morgan fingerprint density at radius 2 is 0.645 bits per heavy atom. The fraction of sp³-hybridized carbons (Fsp3) is 0.966. The molecule has 1 amide bonds. The summed E-state index contributed by atoms with van der Waals surface area (Å²) in [7, 11) is 5.92. The van der Waals surface area contributed by atoms with Gasteiger partial charge < -0.3 is 0 Å². The number of hydrogen-bond donors (Lipinski definition) is 0. The molecule has 0 aromatic rings. The van der Waals surface area contributed by atoms with E-state index in [2.05, 4.69) is 6.92 Å². The lowest BCUT2D eigenvalue weighted by molar-refractivity contribution is -0.792. The Balaban J connectivity index is 3.09. The number of unbranched alkanes of at least 4 members (excludes halogenated alkanes) is 22. The van der Waals surface area contributed by atoms with E-state index < -0.39 is 0 Å². The first-order valence-corrected chi connectivity index (χ1v) is 14.3. The van der Waals surface area contributed by atoms with Gasteiger partial charge >= 0.3 is 5.91 Å². The van der Waals surface area contributed by atoms with E-state index in [0.29, 0.717) is 10.4 Å². The molecule has 0 aromatic carbocycles. The maximum absolute atomic E-state index is 11.9. The fourth-order valence-electron chi connectivity index (χ4n) is 4.40. The number of quaternary nitrogens is 1. The molecular weight excluding hydrogens is 378 g/mol. The highest BCUT2D eigenvalue weighted by atomic mass is 16.2. The first-order valence-electron chi connectivity index (χ1n) is 14.3. The molecule has 0 aliphatic rings. The molecule has 31 heavy (non-hydrogen) atoms. The summed E-state index contributed by atoms with van der Waals surface area (Å²) in [5.41, 5.74) is 0. The maximum Gasteiger partial charge on any atom is 0.313 e. The lowest BCUT2D eigenvalue weighted by atomic mass is 10.0. The monoisotopic (exact) mass is 438 g/mol. The van der Waals surface area contributed by atoms with Gasteiger partial charge in [0, 0.05) is 0 Å². The van der Waals surface area contributed by atoms with Gasteiger partial charge in [0.15, 0.2) is 0 Å². The van der Waals surface area contributed by atoms with Crippen molar-refractivity contribution in [3.8, 4) is 0 Å². The average molecular weight is 439 g/mol. The van der Waals surface area contributed by atoms with Crippen molar-refractivity contribution < 1.29 is 9.28 Å². The van der Waals surface area contributed by atoms with E-state index in [1.165, 1.54) is 141 Å². The Labute approximate surface area is 197 Å². The molecule has 0 radical (unpaired) electrons. The molecule has 0 heterocycles. The smallest absolute Gasteiger partial charge is 0.268 e. The van der Waals surface area contributed by atoms with Crippen LogP contribution in [0, 0.1) is 0 Å². The summed E-state index contributed by atoms with van der Waals surface area (Å²) in [5, 5.41) is 0. The van der Waals surface area contributed by atoms with Crippen LogP contribution < -0.4 is 0 Å². The predicted molar refractivity (Wildman–Crippen MR) is 140 cm³/mol. The highest BCUT2D eigenvalue weighted by Crippen LogP contribution is 2.15. The zero-order valence-electron chi connectivity index (χ0n) is 22.3. The Bertz CT molecular complexity index is 371. The minimum Gasteiger partial charge on any atom is -0.268 e. The number of hydrogen-bond acceptors (Lipinski definition) is 1. The number of rotatable bonds is 24. The van der Waals surface area contributed by atoms with Crippen LogP contribution >= 0.6 is 0 Å². The summed E-state index contributed by atoms with van der Waals surface area (Å²) in [6, 6.07) is 0. The molecular formula is C29H60NO+. The summed E-state index contributed by atoms with van der Waals surface area (Å²) < 4.78 is 0.472. The maximum atomic E-state index is 11.9. The van der Waals surface area contributed by atoms with Gasteiger partial charge in [0.2, 0.25) is 0 Å². The molecule has 0 unspecified atom stereocenters. The van der Waals surface area contributed by atoms with Crippen LogP contribution in [0.2, 0.25) is 0 Å². The highest BCUT2D eigenvalue weighted by molar-refractivity contribution is 5.68. The SMILES string of the molecule is CCCCCCCCCCCCCCCCCCCCCCCCCC(=O)[N+](C)(C)C. The van der Waals surface area contributed by atoms with E-state index in [4.69, 9.17) is 0 Å². The van der Waals surface area contributed by atoms with Gasteiger partial charge in [-0.2, -0.15) is 0 Å². The zero-order chi connectivity index (χ0) is 23.0. The first-order chi connectivity index (χ1) is 15.0. The molecule has 0 spiro atoms. The fourth-order valence-corrected chi connectivity index (χ4v) is 4.40. The van der Waals surface area contributed by atoms with Gasteiger partial charge in [-0.1, -0.05) is 148 Å². The highest BCUT2D eigenvalue weighted by Gasteiger charge is 2.18. The summed E-state index contributed by atoms with van der Waals surface area (Å²) in [5.74, 6) is 0.364. The summed E-state index contributed by atoms with van der Waals surface area (Å²) in [6.07, 6.45) is 33.3. The van der Waals surface area contributed by atoms with Crippen molar-refractivity contribution in [3.63, 3.8) is 0 Å². The Morgan fingerprint density at radius 3 is 0.871 bits per heavy atom. The van der Waals surface area contributed by atoms with Crippen molar-refractivity contribution in [2.45, 2.75) is 161 Å². The molecule has 0 N–H and O–H groups in total. The lowest BCUT2D eigenvalue weighted by Crippen LogP contribution is -2.40. The minimum absolute atomic E-state index is 0.364. The van der Waals surface area contributed by atoms with E-state index in [-0.39, 0.29) is 0 Å². The molecule has 0 aliphatic carbocycles. The average Bonchev–Trinajstić information content (AvgIpc) is 2.73. The van der Waals surface area contributed by atoms with Crippen LogP contribution in [0.15, 0.2) is 0 Å². The van der Waals surface area contributed by atoms with Gasteiger partial charge in [0.25, 0.3) is 0 Å². The normalized spacial score (nSPS) is 11.9. The quantitative estimate of drug-likeness (QED) is 0.108. The molecule has 0 bridgehead atoms. The van der Waals surface area contributed by atoms with Crippen LogP contribution in [0.3, 0.4) is 0 Å². The zero-order valence-corrected chi connectivity index (χ0v) is 22.3. The van der Waals surface area contributed by atoms with Gasteiger partial charge in [0.1, 0.15) is 0 Å². The standard InChI is InChI=1S/C29H60NO/c1-5-6-7-8-9-10-11-12-13-14-15-16-17-18-19-20-21-22-23-24-25-26-27-28-29(31)30(2,3)4/h5-28H2,1-4H3/q+1. The Kier molecular flexibility index (Phi) is 22.5. The molecule has 0 saturated carbocycles. The minimum atomic E-state index is 0.364. The predicted octanol–water partition coefficient (Wildman–Crippen LogP) is 9.60. The van der Waals surface area contributed by atoms with E-state index in [9.17, 15) is 4.79 Å². The number of carbonyl (C=O) groups excluding carboxylic acids is 1. The molecule has 2 nitrogen and oxygen atoms in total. The van der Waals surface area contributed by atoms with Gasteiger partial charge in [0.05, 0.1) is 27.6 Å². The molecule has 186 valence electrons. The van der Waals surface area contributed by atoms with Gasteiger partial charge in [-0.25, -0.2) is 4.79 Å². The van der Waals surface area contributed by atoms with Gasteiger partial charge in [-0.05, 0) is 6.42 Å². The van der Waals surface area contributed by atoms with Crippen molar-refractivity contribution in [2.75, 3.05) is 21.1 Å². The van der Waals surface area contributed by atoms with Crippen molar-refractivity contribution in [1.29, 1.82) is 0 Å². The lowest BCUT2D eigenvalue weighted by Gasteiger charge is -2.20.